The van der Waals surface area contributed by atoms with E-state index >= 15 is 0 Å². The van der Waals surface area contributed by atoms with Crippen LogP contribution in [0.25, 0.3) is 5.69 Å². The molecular weight excluding hydrogens is 372 g/mol. The molecule has 5 nitrogen and oxygen atoms in total. The lowest BCUT2D eigenvalue weighted by Gasteiger charge is -2.20. The summed E-state index contributed by atoms with van der Waals surface area (Å²) in [5.41, 5.74) is 3.55. The first kappa shape index (κ1) is 20.1. The number of benzene rings is 2. The van der Waals surface area contributed by atoms with Gasteiger partial charge in [0, 0.05) is 24.3 Å². The minimum absolute atomic E-state index is 0.196. The van der Waals surface area contributed by atoms with Crippen molar-refractivity contribution < 1.29 is 4.79 Å². The molecule has 1 heterocycles. The van der Waals surface area contributed by atoms with Crippen molar-refractivity contribution in [1.29, 1.82) is 0 Å². The number of nitrogens with one attached hydrogen (secondary N) is 1. The summed E-state index contributed by atoms with van der Waals surface area (Å²) in [6, 6.07) is 17.3. The van der Waals surface area contributed by atoms with Crippen LogP contribution in [0.3, 0.4) is 0 Å². The normalized spacial score (nSPS) is 11.0. The smallest absolute Gasteiger partial charge is 0.272 e. The highest BCUT2D eigenvalue weighted by atomic mass is 35.5. The van der Waals surface area contributed by atoms with E-state index in [2.05, 4.69) is 41.3 Å². The van der Waals surface area contributed by atoms with Gasteiger partial charge >= 0.3 is 0 Å². The maximum atomic E-state index is 12.6. The van der Waals surface area contributed by atoms with Gasteiger partial charge in [0.25, 0.3) is 5.91 Å². The standard InChI is InChI=1S/C22H25ClN4O/c1-3-26(4-2)16-18-9-6-5-8-17(18)15-24-22(28)21-12-13-27(25-21)20-11-7-10-19(23)14-20/h5-14H,3-4,15-16H2,1-2H3,(H,24,28). The summed E-state index contributed by atoms with van der Waals surface area (Å²) in [6.45, 7) is 7.66. The van der Waals surface area contributed by atoms with E-state index in [-0.39, 0.29) is 5.91 Å². The molecule has 0 fully saturated rings. The van der Waals surface area contributed by atoms with Crippen molar-refractivity contribution in [1.82, 2.24) is 20.0 Å². The molecule has 0 spiro atoms. The lowest BCUT2D eigenvalue weighted by Crippen LogP contribution is -2.26. The van der Waals surface area contributed by atoms with E-state index in [0.29, 0.717) is 17.3 Å². The molecule has 0 aliphatic heterocycles. The number of hydrogen-bond acceptors (Lipinski definition) is 3. The molecule has 1 aromatic heterocycles. The summed E-state index contributed by atoms with van der Waals surface area (Å²) in [5.74, 6) is -0.196. The number of aromatic nitrogens is 2. The number of amides is 1. The molecule has 0 saturated heterocycles. The summed E-state index contributed by atoms with van der Waals surface area (Å²) in [6.07, 6.45) is 1.76. The molecule has 0 saturated carbocycles. The number of halogens is 1. The number of carbonyl (C=O) groups excluding carboxylic acids is 1. The van der Waals surface area contributed by atoms with Gasteiger partial charge in [-0.15, -0.1) is 0 Å². The van der Waals surface area contributed by atoms with Crippen LogP contribution in [0.1, 0.15) is 35.5 Å². The molecule has 0 aliphatic carbocycles. The fourth-order valence-corrected chi connectivity index (χ4v) is 3.23. The van der Waals surface area contributed by atoms with Gasteiger partial charge in [-0.05, 0) is 48.5 Å². The van der Waals surface area contributed by atoms with Gasteiger partial charge in [-0.25, -0.2) is 4.68 Å². The first-order valence-electron chi connectivity index (χ1n) is 9.49. The molecule has 28 heavy (non-hydrogen) atoms. The van der Waals surface area contributed by atoms with Gasteiger partial charge in [0.2, 0.25) is 0 Å². The molecular formula is C22H25ClN4O. The Labute approximate surface area is 170 Å². The second-order valence-corrected chi connectivity index (χ2v) is 6.97. The maximum absolute atomic E-state index is 12.6. The highest BCUT2D eigenvalue weighted by molar-refractivity contribution is 6.30. The average molecular weight is 397 g/mol. The molecule has 0 atom stereocenters. The second-order valence-electron chi connectivity index (χ2n) is 6.54. The summed E-state index contributed by atoms with van der Waals surface area (Å²) in [4.78, 5) is 14.9. The van der Waals surface area contributed by atoms with Crippen LogP contribution in [0.2, 0.25) is 5.02 Å². The maximum Gasteiger partial charge on any atom is 0.272 e. The third kappa shape index (κ3) is 5.00. The average Bonchev–Trinajstić information content (AvgIpc) is 3.21. The Morgan fingerprint density at radius 1 is 1.07 bits per heavy atom. The first-order valence-corrected chi connectivity index (χ1v) is 9.87. The fraction of sp³-hybridized carbons (Fsp3) is 0.273. The van der Waals surface area contributed by atoms with Crippen LogP contribution >= 0.6 is 11.6 Å². The topological polar surface area (TPSA) is 50.2 Å². The number of carbonyl (C=O) groups is 1. The molecule has 0 aliphatic rings. The second kappa shape index (κ2) is 9.53. The van der Waals surface area contributed by atoms with Crippen molar-refractivity contribution in [3.63, 3.8) is 0 Å². The highest BCUT2D eigenvalue weighted by Gasteiger charge is 2.12. The number of nitrogens with zero attached hydrogens (tertiary/aromatic N) is 3. The predicted octanol–water partition coefficient (Wildman–Crippen LogP) is 4.30. The van der Waals surface area contributed by atoms with Gasteiger partial charge in [0.1, 0.15) is 0 Å². The molecule has 2 aromatic carbocycles. The Balaban J connectivity index is 1.67. The van der Waals surface area contributed by atoms with Gasteiger partial charge in [-0.2, -0.15) is 5.10 Å². The summed E-state index contributed by atoms with van der Waals surface area (Å²) < 4.78 is 1.65. The minimum atomic E-state index is -0.196. The van der Waals surface area contributed by atoms with Crippen molar-refractivity contribution >= 4 is 17.5 Å². The van der Waals surface area contributed by atoms with Crippen molar-refractivity contribution in [3.05, 3.63) is 82.6 Å². The summed E-state index contributed by atoms with van der Waals surface area (Å²) in [7, 11) is 0. The highest BCUT2D eigenvalue weighted by Crippen LogP contribution is 2.15. The Bertz CT molecular complexity index is 934. The van der Waals surface area contributed by atoms with Gasteiger partial charge in [0.15, 0.2) is 5.69 Å². The van der Waals surface area contributed by atoms with E-state index in [4.69, 9.17) is 11.6 Å². The molecule has 146 valence electrons. The molecule has 0 bridgehead atoms. The Morgan fingerprint density at radius 3 is 2.54 bits per heavy atom. The fourth-order valence-electron chi connectivity index (χ4n) is 3.05. The van der Waals surface area contributed by atoms with Crippen LogP contribution in [0.5, 0.6) is 0 Å². The van der Waals surface area contributed by atoms with Crippen LogP contribution in [0, 0.1) is 0 Å². The molecule has 3 rings (SSSR count). The third-order valence-corrected chi connectivity index (χ3v) is 4.98. The van der Waals surface area contributed by atoms with Gasteiger partial charge in [0.05, 0.1) is 5.69 Å². The zero-order valence-electron chi connectivity index (χ0n) is 16.2. The zero-order valence-corrected chi connectivity index (χ0v) is 17.0. The largest absolute Gasteiger partial charge is 0.347 e. The first-order chi connectivity index (χ1) is 13.6. The van der Waals surface area contributed by atoms with Crippen LogP contribution in [-0.4, -0.2) is 33.7 Å². The third-order valence-electron chi connectivity index (χ3n) is 4.74. The van der Waals surface area contributed by atoms with Gasteiger partial charge in [-0.1, -0.05) is 55.8 Å². The van der Waals surface area contributed by atoms with Crippen LogP contribution in [0.15, 0.2) is 60.8 Å². The van der Waals surface area contributed by atoms with Crippen molar-refractivity contribution in [3.8, 4) is 5.69 Å². The monoisotopic (exact) mass is 396 g/mol. The van der Waals surface area contributed by atoms with Gasteiger partial charge in [-0.3, -0.25) is 9.69 Å². The Hall–Kier alpha value is -2.63. The molecule has 0 radical (unpaired) electrons. The van der Waals surface area contributed by atoms with Crippen LogP contribution in [0.4, 0.5) is 0 Å². The lowest BCUT2D eigenvalue weighted by molar-refractivity contribution is 0.0945. The van der Waals surface area contributed by atoms with Crippen molar-refractivity contribution in [2.45, 2.75) is 26.9 Å². The molecule has 3 aromatic rings. The lowest BCUT2D eigenvalue weighted by atomic mass is 10.1. The van der Waals surface area contributed by atoms with Crippen LogP contribution in [-0.2, 0) is 13.1 Å². The summed E-state index contributed by atoms with van der Waals surface area (Å²) >= 11 is 6.03. The Morgan fingerprint density at radius 2 is 1.82 bits per heavy atom. The SMILES string of the molecule is CCN(CC)Cc1ccccc1CNC(=O)c1ccn(-c2cccc(Cl)c2)n1. The quantitative estimate of drug-likeness (QED) is 0.617. The molecule has 6 heteroatoms. The van der Waals surface area contributed by atoms with E-state index in [9.17, 15) is 4.79 Å². The van der Waals surface area contributed by atoms with E-state index in [1.54, 1.807) is 29.1 Å². The molecule has 1 N–H and O–H groups in total. The van der Waals surface area contributed by atoms with E-state index < -0.39 is 0 Å². The van der Waals surface area contributed by atoms with E-state index in [1.165, 1.54) is 5.56 Å². The minimum Gasteiger partial charge on any atom is -0.347 e. The van der Waals surface area contributed by atoms with Crippen molar-refractivity contribution in [2.24, 2.45) is 0 Å². The molecule has 0 unspecified atom stereocenters. The number of rotatable bonds is 8. The Kier molecular flexibility index (Phi) is 6.85. The molecule has 1 amide bonds. The number of hydrogen-bond donors (Lipinski definition) is 1. The predicted molar refractivity (Wildman–Crippen MR) is 113 cm³/mol. The van der Waals surface area contributed by atoms with Gasteiger partial charge < -0.3 is 5.32 Å². The van der Waals surface area contributed by atoms with Crippen molar-refractivity contribution in [2.75, 3.05) is 13.1 Å². The van der Waals surface area contributed by atoms with E-state index in [0.717, 1.165) is 30.9 Å². The van der Waals surface area contributed by atoms with E-state index in [1.807, 2.05) is 24.3 Å². The zero-order chi connectivity index (χ0) is 19.9. The summed E-state index contributed by atoms with van der Waals surface area (Å²) in [5, 5.41) is 7.98. The van der Waals surface area contributed by atoms with Crippen LogP contribution < -0.4 is 5.32 Å².